The van der Waals surface area contributed by atoms with Crippen molar-refractivity contribution in [3.05, 3.63) is 55.5 Å². The molecular formula is C24H22Cl4N2O6. The molecule has 0 aromatic heterocycles. The summed E-state index contributed by atoms with van der Waals surface area (Å²) in [6.45, 7) is 1.95. The summed E-state index contributed by atoms with van der Waals surface area (Å²) >= 11 is 24.2. The Morgan fingerprint density at radius 3 is 2.11 bits per heavy atom. The van der Waals surface area contributed by atoms with Gasteiger partial charge in [0.2, 0.25) is 0 Å². The van der Waals surface area contributed by atoms with Gasteiger partial charge in [-0.3, -0.25) is 24.1 Å². The Bertz CT molecular complexity index is 1160. The number of imide groups is 1. The summed E-state index contributed by atoms with van der Waals surface area (Å²) in [7, 11) is 0. The van der Waals surface area contributed by atoms with Crippen LogP contribution in [-0.4, -0.2) is 48.3 Å². The van der Waals surface area contributed by atoms with Crippen LogP contribution < -0.4 is 10.1 Å². The van der Waals surface area contributed by atoms with Crippen LogP contribution in [0, 0.1) is 0 Å². The zero-order valence-electron chi connectivity index (χ0n) is 19.2. The third kappa shape index (κ3) is 6.24. The second kappa shape index (κ2) is 12.6. The average Bonchev–Trinajstić information content (AvgIpc) is 3.11. The Balaban J connectivity index is 1.40. The summed E-state index contributed by atoms with van der Waals surface area (Å²) in [6.07, 6.45) is 1.48. The lowest BCUT2D eigenvalue weighted by Gasteiger charge is -2.13. The number of fused-ring (bicyclic) bond motifs is 1. The normalized spacial score (nSPS) is 12.5. The smallest absolute Gasteiger partial charge is 0.306 e. The van der Waals surface area contributed by atoms with E-state index >= 15 is 0 Å². The molecule has 0 aliphatic carbocycles. The molecule has 192 valence electrons. The molecule has 0 unspecified atom stereocenters. The number of rotatable bonds is 11. The molecule has 0 bridgehead atoms. The summed E-state index contributed by atoms with van der Waals surface area (Å²) in [5.74, 6) is -1.70. The number of hydrogen-bond donors (Lipinski definition) is 1. The fourth-order valence-electron chi connectivity index (χ4n) is 3.57. The van der Waals surface area contributed by atoms with Gasteiger partial charge < -0.3 is 14.8 Å². The Morgan fingerprint density at radius 1 is 0.889 bits per heavy atom. The molecule has 8 nitrogen and oxygen atoms in total. The van der Waals surface area contributed by atoms with Crippen LogP contribution in [0.4, 0.5) is 5.69 Å². The number of nitrogens with one attached hydrogen (secondary N) is 1. The van der Waals surface area contributed by atoms with E-state index in [9.17, 15) is 19.2 Å². The van der Waals surface area contributed by atoms with Crippen LogP contribution >= 0.6 is 46.4 Å². The van der Waals surface area contributed by atoms with Crippen LogP contribution in [0.3, 0.4) is 0 Å². The van der Waals surface area contributed by atoms with Crippen LogP contribution in [-0.2, 0) is 14.3 Å². The standard InChI is InChI=1S/C24H22Cl4N2O6/c1-2-35-14-9-6-5-8-13(14)29-15(31)12-36-16(32)10-4-3-7-11-30-23(33)17-18(24(30)34)20(26)22(28)21(27)19(17)25/h5-6,8-9H,2-4,7,10-12H2,1H3,(H,29,31). The molecule has 3 rings (SSSR count). The summed E-state index contributed by atoms with van der Waals surface area (Å²) in [5, 5.41) is 2.24. The Morgan fingerprint density at radius 2 is 1.50 bits per heavy atom. The van der Waals surface area contributed by atoms with Crippen molar-refractivity contribution in [1.82, 2.24) is 4.90 Å². The number of esters is 1. The SMILES string of the molecule is CCOc1ccccc1NC(=O)COC(=O)CCCCCN1C(=O)c2c(Cl)c(Cl)c(Cl)c(Cl)c2C1=O. The van der Waals surface area contributed by atoms with Crippen molar-refractivity contribution in [3.63, 3.8) is 0 Å². The molecule has 0 saturated carbocycles. The topological polar surface area (TPSA) is 102 Å². The number of benzene rings is 2. The molecule has 36 heavy (non-hydrogen) atoms. The highest BCUT2D eigenvalue weighted by Crippen LogP contribution is 2.44. The second-order valence-electron chi connectivity index (χ2n) is 7.72. The molecule has 2 aromatic rings. The summed E-state index contributed by atoms with van der Waals surface area (Å²) < 4.78 is 10.5. The predicted octanol–water partition coefficient (Wildman–Crippen LogP) is 6.04. The number of anilines is 1. The minimum absolute atomic E-state index is 0.0631. The quantitative estimate of drug-likeness (QED) is 0.115. The summed E-state index contributed by atoms with van der Waals surface area (Å²) in [5.41, 5.74) is 0.360. The molecule has 0 atom stereocenters. The van der Waals surface area contributed by atoms with Crippen LogP contribution in [0.5, 0.6) is 5.75 Å². The van der Waals surface area contributed by atoms with Crippen molar-refractivity contribution < 1.29 is 28.7 Å². The molecule has 1 aliphatic heterocycles. The van der Waals surface area contributed by atoms with Gasteiger partial charge in [-0.05, 0) is 31.9 Å². The Hall–Kier alpha value is -2.52. The van der Waals surface area contributed by atoms with Crippen molar-refractivity contribution >= 4 is 75.8 Å². The minimum Gasteiger partial charge on any atom is -0.492 e. The number of para-hydroxylation sites is 2. The predicted molar refractivity (Wildman–Crippen MR) is 138 cm³/mol. The van der Waals surface area contributed by atoms with E-state index in [0.717, 1.165) is 4.90 Å². The van der Waals surface area contributed by atoms with E-state index in [0.29, 0.717) is 37.3 Å². The van der Waals surface area contributed by atoms with Gasteiger partial charge in [-0.1, -0.05) is 65.0 Å². The molecule has 3 amide bonds. The van der Waals surface area contributed by atoms with Crippen molar-refractivity contribution in [2.45, 2.75) is 32.6 Å². The average molecular weight is 576 g/mol. The van der Waals surface area contributed by atoms with Gasteiger partial charge in [0.05, 0.1) is 43.5 Å². The number of nitrogens with zero attached hydrogens (tertiary/aromatic N) is 1. The number of unbranched alkanes of at least 4 members (excludes halogenated alkanes) is 2. The molecule has 0 radical (unpaired) electrons. The number of carbonyl (C=O) groups excluding carboxylic acids is 4. The van der Waals surface area contributed by atoms with Gasteiger partial charge in [0.15, 0.2) is 6.61 Å². The summed E-state index contributed by atoms with van der Waals surface area (Å²) in [4.78, 5) is 50.5. The number of amides is 3. The molecule has 0 fully saturated rings. The number of hydrogen-bond acceptors (Lipinski definition) is 6. The largest absolute Gasteiger partial charge is 0.492 e. The number of halogens is 4. The van der Waals surface area contributed by atoms with E-state index < -0.39 is 30.3 Å². The molecule has 0 spiro atoms. The fraction of sp³-hybridized carbons (Fsp3) is 0.333. The van der Waals surface area contributed by atoms with Gasteiger partial charge >= 0.3 is 5.97 Å². The number of carbonyl (C=O) groups is 4. The van der Waals surface area contributed by atoms with Crippen LogP contribution in [0.2, 0.25) is 20.1 Å². The van der Waals surface area contributed by atoms with Crippen LogP contribution in [0.25, 0.3) is 0 Å². The summed E-state index contributed by atoms with van der Waals surface area (Å²) in [6, 6.07) is 6.94. The van der Waals surface area contributed by atoms with Crippen LogP contribution in [0.15, 0.2) is 24.3 Å². The van der Waals surface area contributed by atoms with Crippen molar-refractivity contribution in [2.24, 2.45) is 0 Å². The van der Waals surface area contributed by atoms with E-state index in [4.69, 9.17) is 55.9 Å². The van der Waals surface area contributed by atoms with Gasteiger partial charge in [0, 0.05) is 13.0 Å². The minimum atomic E-state index is -0.600. The van der Waals surface area contributed by atoms with Gasteiger partial charge in [-0.2, -0.15) is 0 Å². The molecule has 2 aromatic carbocycles. The lowest BCUT2D eigenvalue weighted by atomic mass is 10.1. The monoisotopic (exact) mass is 574 g/mol. The first-order valence-electron chi connectivity index (χ1n) is 11.1. The Kier molecular flexibility index (Phi) is 9.84. The van der Waals surface area contributed by atoms with E-state index in [1.165, 1.54) is 0 Å². The Labute approximate surface area is 227 Å². The molecule has 1 N–H and O–H groups in total. The molecule has 0 saturated heterocycles. The van der Waals surface area contributed by atoms with Gasteiger partial charge in [0.1, 0.15) is 5.75 Å². The second-order valence-corrected chi connectivity index (χ2v) is 9.23. The zero-order chi connectivity index (χ0) is 26.4. The van der Waals surface area contributed by atoms with Gasteiger partial charge in [-0.15, -0.1) is 0 Å². The van der Waals surface area contributed by atoms with Crippen molar-refractivity contribution in [2.75, 3.05) is 25.1 Å². The highest BCUT2D eigenvalue weighted by Gasteiger charge is 2.41. The lowest BCUT2D eigenvalue weighted by molar-refractivity contribution is -0.147. The molecular weight excluding hydrogens is 554 g/mol. The zero-order valence-corrected chi connectivity index (χ0v) is 22.2. The molecule has 12 heteroatoms. The van der Waals surface area contributed by atoms with Gasteiger partial charge in [-0.25, -0.2) is 0 Å². The maximum Gasteiger partial charge on any atom is 0.306 e. The van der Waals surface area contributed by atoms with Gasteiger partial charge in [0.25, 0.3) is 17.7 Å². The van der Waals surface area contributed by atoms with E-state index in [1.807, 2.05) is 6.92 Å². The van der Waals surface area contributed by atoms with E-state index in [2.05, 4.69) is 5.32 Å². The van der Waals surface area contributed by atoms with Crippen LogP contribution in [0.1, 0.15) is 53.3 Å². The van der Waals surface area contributed by atoms with E-state index in [1.54, 1.807) is 24.3 Å². The maximum atomic E-state index is 12.7. The number of ether oxygens (including phenoxy) is 2. The van der Waals surface area contributed by atoms with Crippen molar-refractivity contribution in [1.29, 1.82) is 0 Å². The third-order valence-electron chi connectivity index (χ3n) is 5.27. The maximum absolute atomic E-state index is 12.7. The highest BCUT2D eigenvalue weighted by atomic mass is 35.5. The highest BCUT2D eigenvalue weighted by molar-refractivity contribution is 6.55. The molecule has 1 heterocycles. The first kappa shape index (κ1) is 28.1. The third-order valence-corrected chi connectivity index (χ3v) is 7.08. The van der Waals surface area contributed by atoms with Crippen molar-refractivity contribution in [3.8, 4) is 5.75 Å². The fourth-order valence-corrected chi connectivity index (χ4v) is 4.58. The van der Waals surface area contributed by atoms with E-state index in [-0.39, 0.29) is 44.2 Å². The first-order chi connectivity index (χ1) is 17.2. The lowest BCUT2D eigenvalue weighted by Crippen LogP contribution is -2.30. The first-order valence-corrected chi connectivity index (χ1v) is 12.6. The molecule has 1 aliphatic rings.